The summed E-state index contributed by atoms with van der Waals surface area (Å²) in [5, 5.41) is 3.62. The Morgan fingerprint density at radius 2 is 1.56 bits per heavy atom. The van der Waals surface area contributed by atoms with Crippen LogP contribution in [-0.4, -0.2) is 73.0 Å². The van der Waals surface area contributed by atoms with E-state index in [4.69, 9.17) is 19.4 Å². The third kappa shape index (κ3) is 6.46. The molecule has 48 heavy (non-hydrogen) atoms. The highest BCUT2D eigenvalue weighted by atomic mass is 32.2. The summed E-state index contributed by atoms with van der Waals surface area (Å²) in [6.07, 6.45) is 1.15. The van der Waals surface area contributed by atoms with E-state index in [0.29, 0.717) is 22.8 Å². The number of piperazine rings is 1. The van der Waals surface area contributed by atoms with E-state index in [1.807, 2.05) is 19.1 Å². The minimum Gasteiger partial charge on any atom is -0.454 e. The van der Waals surface area contributed by atoms with Gasteiger partial charge >= 0.3 is 0 Å². The molecule has 1 N–H and O–H groups in total. The quantitative estimate of drug-likeness (QED) is 0.262. The fraction of sp³-hybridized carbons (Fsp3) is 0.257. The lowest BCUT2D eigenvalue weighted by Gasteiger charge is -2.35. The lowest BCUT2D eigenvalue weighted by molar-refractivity contribution is 0.0951. The topological polar surface area (TPSA) is 136 Å². The third-order valence-corrected chi connectivity index (χ3v) is 9.75. The van der Waals surface area contributed by atoms with E-state index >= 15 is 0 Å². The zero-order valence-corrected chi connectivity index (χ0v) is 27.4. The summed E-state index contributed by atoms with van der Waals surface area (Å²) in [5.74, 6) is 1.84. The zero-order chi connectivity index (χ0) is 33.4. The number of fused-ring (bicyclic) bond motifs is 2. The second-order valence-corrected chi connectivity index (χ2v) is 14.0. The molecule has 2 aliphatic rings. The summed E-state index contributed by atoms with van der Waals surface area (Å²) in [6, 6.07) is 22.5. The molecule has 5 aromatic rings. The first-order valence-electron chi connectivity index (χ1n) is 15.6. The van der Waals surface area contributed by atoms with Gasteiger partial charge in [0.15, 0.2) is 27.0 Å². The number of rotatable bonds is 8. The summed E-state index contributed by atoms with van der Waals surface area (Å²) in [5.41, 5.74) is 3.97. The molecule has 3 aromatic carbocycles. The molecule has 0 saturated carbocycles. The van der Waals surface area contributed by atoms with Gasteiger partial charge in [0.1, 0.15) is 0 Å². The average Bonchev–Trinajstić information content (AvgIpc) is 3.55. The first-order chi connectivity index (χ1) is 23.1. The standard InChI is InChI=1S/C35H34N6O6S/c1-23-29-12-14-32(42)41(27-8-6-26(7-9-27)34(43)36-20-24-3-10-28(11-4-24)48(2,44)45)33(29)38-35(37-23)40-17-15-39(16-18-40)21-25-5-13-30-31(19-25)47-22-46-30/h3-14,19H,15-18,20-22H2,1-2H3,(H,36,43). The Bertz CT molecular complexity index is 2180. The maximum atomic E-state index is 13.2. The van der Waals surface area contributed by atoms with Gasteiger partial charge in [-0.05, 0) is 72.6 Å². The van der Waals surface area contributed by atoms with E-state index in [2.05, 4.69) is 21.2 Å². The summed E-state index contributed by atoms with van der Waals surface area (Å²) >= 11 is 0. The molecule has 246 valence electrons. The van der Waals surface area contributed by atoms with E-state index in [0.717, 1.165) is 67.1 Å². The van der Waals surface area contributed by atoms with Crippen LogP contribution in [0.25, 0.3) is 16.7 Å². The van der Waals surface area contributed by atoms with Gasteiger partial charge in [-0.1, -0.05) is 18.2 Å². The van der Waals surface area contributed by atoms with Crippen molar-refractivity contribution in [3.8, 4) is 17.2 Å². The van der Waals surface area contributed by atoms with E-state index < -0.39 is 9.84 Å². The first kappa shape index (κ1) is 31.3. The highest BCUT2D eigenvalue weighted by molar-refractivity contribution is 7.90. The minimum absolute atomic E-state index is 0.223. The van der Waals surface area contributed by atoms with Gasteiger partial charge in [-0.15, -0.1) is 0 Å². The predicted molar refractivity (Wildman–Crippen MR) is 181 cm³/mol. The molecule has 12 nitrogen and oxygen atoms in total. The van der Waals surface area contributed by atoms with Gasteiger partial charge in [-0.2, -0.15) is 4.98 Å². The molecular formula is C35H34N6O6S. The van der Waals surface area contributed by atoms with Crippen molar-refractivity contribution >= 4 is 32.7 Å². The monoisotopic (exact) mass is 666 g/mol. The highest BCUT2D eigenvalue weighted by Gasteiger charge is 2.22. The number of carbonyl (C=O) groups is 1. The number of sulfone groups is 1. The molecule has 0 radical (unpaired) electrons. The van der Waals surface area contributed by atoms with E-state index in [9.17, 15) is 18.0 Å². The number of ether oxygens (including phenoxy) is 2. The summed E-state index contributed by atoms with van der Waals surface area (Å²) in [6.45, 7) is 6.33. The van der Waals surface area contributed by atoms with E-state index in [1.54, 1.807) is 47.0 Å². The van der Waals surface area contributed by atoms with Crippen molar-refractivity contribution in [3.05, 3.63) is 112 Å². The highest BCUT2D eigenvalue weighted by Crippen LogP contribution is 2.33. The second kappa shape index (κ2) is 12.7. The number of hydrogen-bond donors (Lipinski definition) is 1. The largest absolute Gasteiger partial charge is 0.454 e. The fourth-order valence-electron chi connectivity index (χ4n) is 5.95. The third-order valence-electron chi connectivity index (χ3n) is 8.62. The van der Waals surface area contributed by atoms with Crippen LogP contribution in [0.5, 0.6) is 11.5 Å². The molecule has 0 atom stereocenters. The van der Waals surface area contributed by atoms with Crippen LogP contribution in [0.3, 0.4) is 0 Å². The Morgan fingerprint density at radius 3 is 2.29 bits per heavy atom. The molecule has 13 heteroatoms. The van der Waals surface area contributed by atoms with E-state index in [1.165, 1.54) is 23.8 Å². The number of pyridine rings is 1. The summed E-state index contributed by atoms with van der Waals surface area (Å²) < 4.78 is 35.9. The van der Waals surface area contributed by atoms with Gasteiger partial charge in [-0.25, -0.2) is 13.4 Å². The van der Waals surface area contributed by atoms with E-state index in [-0.39, 0.29) is 29.7 Å². The number of amides is 1. The van der Waals surface area contributed by atoms with Crippen LogP contribution < -0.4 is 25.2 Å². The molecule has 0 spiro atoms. The number of nitrogens with one attached hydrogen (secondary N) is 1. The maximum Gasteiger partial charge on any atom is 0.256 e. The first-order valence-corrected chi connectivity index (χ1v) is 17.5. The molecule has 7 rings (SSSR count). The molecule has 2 aliphatic heterocycles. The Labute approximate surface area is 277 Å². The molecular weight excluding hydrogens is 632 g/mol. The molecule has 4 heterocycles. The Kier molecular flexibility index (Phi) is 8.31. The minimum atomic E-state index is -3.29. The molecule has 2 aromatic heterocycles. The molecule has 1 amide bonds. The van der Waals surface area contributed by atoms with Crippen molar-refractivity contribution in [2.24, 2.45) is 0 Å². The van der Waals surface area contributed by atoms with Crippen molar-refractivity contribution in [2.45, 2.75) is 24.9 Å². The molecule has 0 bridgehead atoms. The van der Waals surface area contributed by atoms with Gasteiger partial charge in [0.05, 0.1) is 16.3 Å². The van der Waals surface area contributed by atoms with Crippen LogP contribution in [0.4, 0.5) is 5.95 Å². The number of hydrogen-bond acceptors (Lipinski definition) is 10. The zero-order valence-electron chi connectivity index (χ0n) is 26.5. The predicted octanol–water partition coefficient (Wildman–Crippen LogP) is 3.47. The van der Waals surface area contributed by atoms with Gasteiger partial charge in [0.25, 0.3) is 11.5 Å². The van der Waals surface area contributed by atoms with Gasteiger partial charge in [-0.3, -0.25) is 19.1 Å². The molecule has 0 unspecified atom stereocenters. The smallest absolute Gasteiger partial charge is 0.256 e. The lowest BCUT2D eigenvalue weighted by Crippen LogP contribution is -2.46. The van der Waals surface area contributed by atoms with Crippen LogP contribution in [0.1, 0.15) is 27.2 Å². The molecule has 1 saturated heterocycles. The Morgan fingerprint density at radius 1 is 0.854 bits per heavy atom. The number of nitrogens with zero attached hydrogens (tertiary/aromatic N) is 5. The second-order valence-electron chi connectivity index (χ2n) is 11.9. The SMILES string of the molecule is Cc1nc(N2CCN(Cc3ccc4c(c3)OCO4)CC2)nc2c1ccc(=O)n2-c1ccc(C(=O)NCc2ccc(S(C)(=O)=O)cc2)cc1. The lowest BCUT2D eigenvalue weighted by atomic mass is 10.1. The summed E-state index contributed by atoms with van der Waals surface area (Å²) in [4.78, 5) is 40.6. The Balaban J connectivity index is 1.05. The molecule has 1 fully saturated rings. The average molecular weight is 667 g/mol. The fourth-order valence-corrected chi connectivity index (χ4v) is 6.58. The van der Waals surface area contributed by atoms with Gasteiger partial charge < -0.3 is 19.7 Å². The van der Waals surface area contributed by atoms with Crippen LogP contribution >= 0.6 is 0 Å². The van der Waals surface area contributed by atoms with Crippen LogP contribution in [0.15, 0.2) is 88.6 Å². The number of carbonyl (C=O) groups excluding carboxylic acids is 1. The van der Waals surface area contributed by atoms with Gasteiger partial charge in [0, 0.05) is 62.5 Å². The van der Waals surface area contributed by atoms with Crippen molar-refractivity contribution in [1.29, 1.82) is 0 Å². The van der Waals surface area contributed by atoms with Crippen LogP contribution in [0, 0.1) is 6.92 Å². The number of aromatic nitrogens is 3. The van der Waals surface area contributed by atoms with Crippen molar-refractivity contribution in [1.82, 2.24) is 24.8 Å². The van der Waals surface area contributed by atoms with Gasteiger partial charge in [0.2, 0.25) is 12.7 Å². The normalized spacial score (nSPS) is 14.8. The Hall–Kier alpha value is -5.27. The van der Waals surface area contributed by atoms with Crippen LogP contribution in [-0.2, 0) is 22.9 Å². The number of anilines is 1. The van der Waals surface area contributed by atoms with Crippen molar-refractivity contribution in [2.75, 3.05) is 44.1 Å². The number of benzene rings is 3. The summed E-state index contributed by atoms with van der Waals surface area (Å²) in [7, 11) is -3.29. The number of aryl methyl sites for hydroxylation is 1. The molecule has 0 aliphatic carbocycles. The maximum absolute atomic E-state index is 13.2. The van der Waals surface area contributed by atoms with Crippen molar-refractivity contribution < 1.29 is 22.7 Å². The van der Waals surface area contributed by atoms with Crippen molar-refractivity contribution in [3.63, 3.8) is 0 Å². The van der Waals surface area contributed by atoms with Crippen LogP contribution in [0.2, 0.25) is 0 Å².